The van der Waals surface area contributed by atoms with Crippen molar-refractivity contribution in [2.75, 3.05) is 12.4 Å². The zero-order valence-corrected chi connectivity index (χ0v) is 18.2. The van der Waals surface area contributed by atoms with E-state index in [1.807, 2.05) is 68.6 Å². The first kappa shape index (κ1) is 21.5. The first-order valence-electron chi connectivity index (χ1n) is 9.66. The molecule has 2 N–H and O–H groups in total. The summed E-state index contributed by atoms with van der Waals surface area (Å²) < 4.78 is 5.17. The SMILES string of the molecule is COc1ccc(-c2csc(NC(=O)[C@@H](NC(=O)c3ccccc3C)C(C)C)n2)cc1. The standard InChI is InChI=1S/C23H25N3O3S/c1-14(2)20(25-21(27)18-8-6-5-7-15(18)3)22(28)26-23-24-19(13-30-23)16-9-11-17(29-4)12-10-16/h5-14,20H,1-4H3,(H,25,27)(H,24,26,28)/t20-/m0/s1. The average Bonchev–Trinajstić information content (AvgIpc) is 3.20. The van der Waals surface area contributed by atoms with Gasteiger partial charge in [-0.1, -0.05) is 32.0 Å². The maximum atomic E-state index is 12.9. The molecule has 0 spiro atoms. The van der Waals surface area contributed by atoms with E-state index in [9.17, 15) is 9.59 Å². The summed E-state index contributed by atoms with van der Waals surface area (Å²) in [6.07, 6.45) is 0. The molecule has 1 heterocycles. The Bertz CT molecular complexity index is 1030. The topological polar surface area (TPSA) is 80.3 Å². The summed E-state index contributed by atoms with van der Waals surface area (Å²) in [6, 6.07) is 14.2. The molecule has 30 heavy (non-hydrogen) atoms. The van der Waals surface area contributed by atoms with Gasteiger partial charge in [0.05, 0.1) is 12.8 Å². The number of hydrogen-bond acceptors (Lipinski definition) is 5. The average molecular weight is 424 g/mol. The van der Waals surface area contributed by atoms with Gasteiger partial charge in [-0.25, -0.2) is 4.98 Å². The van der Waals surface area contributed by atoms with Gasteiger partial charge in [0.15, 0.2) is 5.13 Å². The molecule has 0 bridgehead atoms. The van der Waals surface area contributed by atoms with Crippen LogP contribution in [0.4, 0.5) is 5.13 Å². The molecule has 1 aromatic heterocycles. The van der Waals surface area contributed by atoms with Gasteiger partial charge in [-0.2, -0.15) is 0 Å². The molecule has 0 unspecified atom stereocenters. The number of thiazole rings is 1. The number of benzene rings is 2. The molecule has 1 atom stereocenters. The smallest absolute Gasteiger partial charge is 0.252 e. The van der Waals surface area contributed by atoms with E-state index in [0.29, 0.717) is 10.7 Å². The summed E-state index contributed by atoms with van der Waals surface area (Å²) in [6.45, 7) is 5.66. The molecule has 0 radical (unpaired) electrons. The van der Waals surface area contributed by atoms with Crippen molar-refractivity contribution >= 4 is 28.3 Å². The minimum Gasteiger partial charge on any atom is -0.497 e. The summed E-state index contributed by atoms with van der Waals surface area (Å²) in [5, 5.41) is 8.06. The third-order valence-corrected chi connectivity index (χ3v) is 5.50. The predicted molar refractivity (Wildman–Crippen MR) is 120 cm³/mol. The zero-order valence-electron chi connectivity index (χ0n) is 17.4. The molecule has 0 saturated heterocycles. The summed E-state index contributed by atoms with van der Waals surface area (Å²) in [5.41, 5.74) is 3.12. The molecule has 0 aliphatic heterocycles. The highest BCUT2D eigenvalue weighted by molar-refractivity contribution is 7.14. The molecule has 3 aromatic rings. The fraction of sp³-hybridized carbons (Fsp3) is 0.261. The van der Waals surface area contributed by atoms with Crippen LogP contribution in [0.5, 0.6) is 5.75 Å². The van der Waals surface area contributed by atoms with E-state index in [2.05, 4.69) is 15.6 Å². The van der Waals surface area contributed by atoms with Crippen molar-refractivity contribution in [2.45, 2.75) is 26.8 Å². The van der Waals surface area contributed by atoms with Gasteiger partial charge in [-0.15, -0.1) is 11.3 Å². The molecule has 2 amide bonds. The Hall–Kier alpha value is -3.19. The van der Waals surface area contributed by atoms with Crippen LogP contribution >= 0.6 is 11.3 Å². The normalized spacial score (nSPS) is 11.8. The summed E-state index contributed by atoms with van der Waals surface area (Å²) >= 11 is 1.34. The molecule has 2 aromatic carbocycles. The maximum absolute atomic E-state index is 12.9. The van der Waals surface area contributed by atoms with E-state index in [0.717, 1.165) is 22.6 Å². The van der Waals surface area contributed by atoms with Crippen molar-refractivity contribution in [2.24, 2.45) is 5.92 Å². The quantitative estimate of drug-likeness (QED) is 0.585. The second kappa shape index (κ2) is 9.54. The molecule has 156 valence electrons. The zero-order chi connectivity index (χ0) is 21.7. The van der Waals surface area contributed by atoms with Gasteiger partial charge in [0.2, 0.25) is 5.91 Å². The van der Waals surface area contributed by atoms with Crippen LogP contribution in [0.15, 0.2) is 53.9 Å². The molecule has 6 nitrogen and oxygen atoms in total. The summed E-state index contributed by atoms with van der Waals surface area (Å²) in [4.78, 5) is 30.0. The molecule has 0 saturated carbocycles. The number of aromatic nitrogens is 1. The Morgan fingerprint density at radius 1 is 1.07 bits per heavy atom. The number of nitrogens with zero attached hydrogens (tertiary/aromatic N) is 1. The van der Waals surface area contributed by atoms with E-state index >= 15 is 0 Å². The van der Waals surface area contributed by atoms with Crippen LogP contribution < -0.4 is 15.4 Å². The van der Waals surface area contributed by atoms with Crippen LogP contribution in [0.3, 0.4) is 0 Å². The van der Waals surface area contributed by atoms with Gasteiger partial charge in [0.25, 0.3) is 5.91 Å². The van der Waals surface area contributed by atoms with E-state index in [-0.39, 0.29) is 17.7 Å². The fourth-order valence-electron chi connectivity index (χ4n) is 2.99. The number of nitrogens with one attached hydrogen (secondary N) is 2. The van der Waals surface area contributed by atoms with E-state index in [1.165, 1.54) is 11.3 Å². The van der Waals surface area contributed by atoms with Crippen molar-refractivity contribution < 1.29 is 14.3 Å². The fourth-order valence-corrected chi connectivity index (χ4v) is 3.71. The highest BCUT2D eigenvalue weighted by Crippen LogP contribution is 2.26. The lowest BCUT2D eigenvalue weighted by molar-refractivity contribution is -0.118. The molecule has 0 fully saturated rings. The number of anilines is 1. The predicted octanol–water partition coefficient (Wildman–Crippen LogP) is 4.52. The highest BCUT2D eigenvalue weighted by atomic mass is 32.1. The van der Waals surface area contributed by atoms with Crippen LogP contribution in [-0.2, 0) is 4.79 Å². The van der Waals surface area contributed by atoms with Crippen LogP contribution in [0, 0.1) is 12.8 Å². The second-order valence-electron chi connectivity index (χ2n) is 7.27. The number of ether oxygens (including phenoxy) is 1. The van der Waals surface area contributed by atoms with E-state index in [1.54, 1.807) is 13.2 Å². The lowest BCUT2D eigenvalue weighted by Gasteiger charge is -2.21. The molecule has 0 aliphatic carbocycles. The van der Waals surface area contributed by atoms with E-state index < -0.39 is 6.04 Å². The van der Waals surface area contributed by atoms with Gasteiger partial charge in [-0.05, 0) is 48.7 Å². The summed E-state index contributed by atoms with van der Waals surface area (Å²) in [5.74, 6) is 0.133. The number of rotatable bonds is 7. The molecular formula is C23H25N3O3S. The van der Waals surface area contributed by atoms with Crippen molar-refractivity contribution in [3.8, 4) is 17.0 Å². The van der Waals surface area contributed by atoms with Crippen molar-refractivity contribution in [3.05, 3.63) is 65.0 Å². The van der Waals surface area contributed by atoms with Crippen molar-refractivity contribution in [1.82, 2.24) is 10.3 Å². The third kappa shape index (κ3) is 5.04. The van der Waals surface area contributed by atoms with Crippen molar-refractivity contribution in [3.63, 3.8) is 0 Å². The number of carbonyl (C=O) groups is 2. The Labute approximate surface area is 180 Å². The largest absolute Gasteiger partial charge is 0.497 e. The Morgan fingerprint density at radius 3 is 2.40 bits per heavy atom. The maximum Gasteiger partial charge on any atom is 0.252 e. The molecule has 7 heteroatoms. The third-order valence-electron chi connectivity index (χ3n) is 4.75. The Kier molecular flexibility index (Phi) is 6.84. The van der Waals surface area contributed by atoms with Crippen LogP contribution in [0.1, 0.15) is 29.8 Å². The van der Waals surface area contributed by atoms with Crippen LogP contribution in [0.2, 0.25) is 0 Å². The van der Waals surface area contributed by atoms with Crippen LogP contribution in [0.25, 0.3) is 11.3 Å². The lowest BCUT2D eigenvalue weighted by Crippen LogP contribution is -2.47. The van der Waals surface area contributed by atoms with Crippen LogP contribution in [-0.4, -0.2) is 29.9 Å². The number of hydrogen-bond donors (Lipinski definition) is 2. The number of aryl methyl sites for hydroxylation is 1. The molecule has 0 aliphatic rings. The second-order valence-corrected chi connectivity index (χ2v) is 8.12. The number of carbonyl (C=O) groups excluding carboxylic acids is 2. The minimum absolute atomic E-state index is 0.0843. The Balaban J connectivity index is 1.70. The van der Waals surface area contributed by atoms with Gasteiger partial charge in [0.1, 0.15) is 11.8 Å². The Morgan fingerprint density at radius 2 is 1.77 bits per heavy atom. The minimum atomic E-state index is -0.676. The summed E-state index contributed by atoms with van der Waals surface area (Å²) in [7, 11) is 1.62. The lowest BCUT2D eigenvalue weighted by atomic mass is 10.0. The van der Waals surface area contributed by atoms with Gasteiger partial charge >= 0.3 is 0 Å². The first-order valence-corrected chi connectivity index (χ1v) is 10.5. The van der Waals surface area contributed by atoms with E-state index in [4.69, 9.17) is 4.74 Å². The molecule has 3 rings (SSSR count). The number of methoxy groups -OCH3 is 1. The van der Waals surface area contributed by atoms with Gasteiger partial charge in [-0.3, -0.25) is 9.59 Å². The first-order chi connectivity index (χ1) is 14.4. The van der Waals surface area contributed by atoms with Gasteiger partial charge < -0.3 is 15.4 Å². The molecular weight excluding hydrogens is 398 g/mol. The highest BCUT2D eigenvalue weighted by Gasteiger charge is 2.26. The number of amides is 2. The van der Waals surface area contributed by atoms with Crippen molar-refractivity contribution in [1.29, 1.82) is 0 Å². The van der Waals surface area contributed by atoms with Gasteiger partial charge in [0, 0.05) is 16.5 Å². The monoisotopic (exact) mass is 423 g/mol.